The van der Waals surface area contributed by atoms with E-state index in [1.54, 1.807) is 11.3 Å². The van der Waals surface area contributed by atoms with Gasteiger partial charge in [0.05, 0.1) is 12.0 Å². The van der Waals surface area contributed by atoms with E-state index in [0.29, 0.717) is 24.6 Å². The number of amides is 2. The molecule has 2 aliphatic rings. The number of rotatable bonds is 8. The molecule has 5 nitrogen and oxygen atoms in total. The molecule has 0 saturated carbocycles. The van der Waals surface area contributed by atoms with Crippen LogP contribution in [0.2, 0.25) is 0 Å². The predicted molar refractivity (Wildman–Crippen MR) is 139 cm³/mol. The van der Waals surface area contributed by atoms with Crippen molar-refractivity contribution in [1.82, 2.24) is 15.1 Å². The predicted octanol–water partition coefficient (Wildman–Crippen LogP) is 5.17. The van der Waals surface area contributed by atoms with E-state index in [-0.39, 0.29) is 17.9 Å². The van der Waals surface area contributed by atoms with Crippen molar-refractivity contribution in [3.63, 3.8) is 0 Å². The number of hydrogen-bond donors (Lipinski definition) is 1. The highest BCUT2D eigenvalue weighted by Crippen LogP contribution is 2.44. The normalized spacial score (nSPS) is 25.4. The van der Waals surface area contributed by atoms with Crippen molar-refractivity contribution < 1.29 is 9.59 Å². The number of thiophene rings is 1. The second kappa shape index (κ2) is 11.0. The third-order valence-corrected chi connectivity index (χ3v) is 7.96. The molecule has 0 spiro atoms. The number of fused-ring (bicyclic) bond motifs is 1. The summed E-state index contributed by atoms with van der Waals surface area (Å²) >= 11 is 1.63. The molecule has 1 fully saturated rings. The number of carbonyl (C=O) groups excluding carboxylic acids is 2. The minimum Gasteiger partial charge on any atom is -0.355 e. The molecule has 2 aliphatic heterocycles. The Hall–Kier alpha value is -2.18. The Bertz CT molecular complexity index is 964. The summed E-state index contributed by atoms with van der Waals surface area (Å²) in [5, 5.41) is 5.27. The van der Waals surface area contributed by atoms with Crippen LogP contribution < -0.4 is 5.32 Å². The van der Waals surface area contributed by atoms with Gasteiger partial charge in [0.15, 0.2) is 0 Å². The van der Waals surface area contributed by atoms with Gasteiger partial charge in [-0.15, -0.1) is 11.3 Å². The molecule has 4 atom stereocenters. The van der Waals surface area contributed by atoms with Crippen LogP contribution in [0.25, 0.3) is 0 Å². The quantitative estimate of drug-likeness (QED) is 0.529. The van der Waals surface area contributed by atoms with E-state index >= 15 is 0 Å². The Labute approximate surface area is 208 Å². The molecule has 1 aromatic heterocycles. The van der Waals surface area contributed by atoms with Gasteiger partial charge in [-0.1, -0.05) is 52.0 Å². The maximum Gasteiger partial charge on any atom is 0.254 e. The Balaban J connectivity index is 1.52. The minimum absolute atomic E-state index is 0.0208. The van der Waals surface area contributed by atoms with Crippen molar-refractivity contribution in [3.8, 4) is 0 Å². The molecule has 2 aromatic rings. The van der Waals surface area contributed by atoms with Crippen molar-refractivity contribution in [2.24, 2.45) is 17.8 Å². The molecule has 2 amide bonds. The number of likely N-dealkylation sites (tertiary alicyclic amines) is 1. The van der Waals surface area contributed by atoms with E-state index in [0.717, 1.165) is 48.3 Å². The van der Waals surface area contributed by atoms with Crippen LogP contribution in [-0.4, -0.2) is 54.3 Å². The van der Waals surface area contributed by atoms with Gasteiger partial charge in [0, 0.05) is 36.6 Å². The third kappa shape index (κ3) is 5.55. The van der Waals surface area contributed by atoms with Gasteiger partial charge in [-0.25, -0.2) is 0 Å². The van der Waals surface area contributed by atoms with Gasteiger partial charge in [-0.3, -0.25) is 9.59 Å². The van der Waals surface area contributed by atoms with E-state index in [9.17, 15) is 9.59 Å². The molecule has 0 bridgehead atoms. The van der Waals surface area contributed by atoms with Crippen LogP contribution in [0.15, 0.2) is 41.8 Å². The van der Waals surface area contributed by atoms with Gasteiger partial charge in [0.2, 0.25) is 5.91 Å². The van der Waals surface area contributed by atoms with E-state index in [2.05, 4.69) is 44.0 Å². The Morgan fingerprint density at radius 3 is 2.53 bits per heavy atom. The van der Waals surface area contributed by atoms with Gasteiger partial charge in [0.1, 0.15) is 0 Å². The molecular formula is C28H39N3O2S. The summed E-state index contributed by atoms with van der Waals surface area (Å²) in [6.07, 6.45) is 2.25. The number of nitrogens with zero attached hydrogens (tertiary/aromatic N) is 2. The first-order valence-corrected chi connectivity index (χ1v) is 13.7. The zero-order valence-electron chi connectivity index (χ0n) is 21.0. The highest BCUT2D eigenvalue weighted by atomic mass is 32.1. The Kier molecular flexibility index (Phi) is 8.10. The second-order valence-electron chi connectivity index (χ2n) is 10.7. The Morgan fingerprint density at radius 2 is 1.85 bits per heavy atom. The van der Waals surface area contributed by atoms with Crippen LogP contribution in [0.5, 0.6) is 0 Å². The smallest absolute Gasteiger partial charge is 0.254 e. The monoisotopic (exact) mass is 481 g/mol. The van der Waals surface area contributed by atoms with Gasteiger partial charge >= 0.3 is 0 Å². The fourth-order valence-corrected chi connectivity index (χ4v) is 6.72. The highest BCUT2D eigenvalue weighted by molar-refractivity contribution is 7.10. The highest BCUT2D eigenvalue weighted by Gasteiger charge is 2.44. The molecule has 34 heavy (non-hydrogen) atoms. The molecule has 4 rings (SSSR count). The lowest BCUT2D eigenvalue weighted by atomic mass is 9.81. The van der Waals surface area contributed by atoms with E-state index in [1.807, 2.05) is 40.6 Å². The minimum atomic E-state index is -0.402. The zero-order valence-corrected chi connectivity index (χ0v) is 21.8. The van der Waals surface area contributed by atoms with Crippen LogP contribution in [0, 0.1) is 17.8 Å². The van der Waals surface area contributed by atoms with Crippen LogP contribution in [0.1, 0.15) is 73.3 Å². The maximum absolute atomic E-state index is 13.7. The summed E-state index contributed by atoms with van der Waals surface area (Å²) in [5.74, 6) is 1.45. The summed E-state index contributed by atoms with van der Waals surface area (Å²) in [4.78, 5) is 32.7. The molecule has 0 radical (unpaired) electrons. The SMILES string of the molecule is CC(C)CN1C(=O)c2ccccc2[C@H](C(=O)NCCCN2C[C@H](C)C[C@@H](C)C2)[C@@H]1c1cccs1. The molecule has 0 aliphatic carbocycles. The first kappa shape index (κ1) is 24.9. The summed E-state index contributed by atoms with van der Waals surface area (Å²) in [7, 11) is 0. The average molecular weight is 482 g/mol. The van der Waals surface area contributed by atoms with Crippen molar-refractivity contribution >= 4 is 23.2 Å². The van der Waals surface area contributed by atoms with Crippen molar-refractivity contribution in [3.05, 3.63) is 57.8 Å². The molecule has 6 heteroatoms. The van der Waals surface area contributed by atoms with Crippen LogP contribution in [-0.2, 0) is 4.79 Å². The lowest BCUT2D eigenvalue weighted by molar-refractivity contribution is -0.124. The lowest BCUT2D eigenvalue weighted by Crippen LogP contribution is -2.48. The van der Waals surface area contributed by atoms with Gasteiger partial charge in [0.25, 0.3) is 5.91 Å². The van der Waals surface area contributed by atoms with Crippen molar-refractivity contribution in [2.45, 2.75) is 52.5 Å². The standard InChI is InChI=1S/C28H39N3O2S/c1-19(2)16-31-26(24-11-7-14-34-24)25(22-9-5-6-10-23(22)28(31)33)27(32)29-12-8-13-30-17-20(3)15-21(4)18-30/h5-7,9-11,14,19-21,25-26H,8,12-13,15-18H2,1-4H3,(H,29,32)/t20-,21-,25+,26+/m1/s1. The molecule has 3 heterocycles. The summed E-state index contributed by atoms with van der Waals surface area (Å²) in [6.45, 7) is 13.5. The number of piperidine rings is 1. The molecule has 184 valence electrons. The first-order chi connectivity index (χ1) is 16.3. The fourth-order valence-electron chi connectivity index (χ4n) is 5.84. The zero-order chi connectivity index (χ0) is 24.2. The maximum atomic E-state index is 13.7. The number of hydrogen-bond acceptors (Lipinski definition) is 4. The molecule has 1 aromatic carbocycles. The summed E-state index contributed by atoms with van der Waals surface area (Å²) in [6, 6.07) is 11.5. The van der Waals surface area contributed by atoms with E-state index in [4.69, 9.17) is 0 Å². The number of carbonyl (C=O) groups is 2. The summed E-state index contributed by atoms with van der Waals surface area (Å²) < 4.78 is 0. The molecule has 1 N–H and O–H groups in total. The van der Waals surface area contributed by atoms with Gasteiger partial charge in [-0.2, -0.15) is 0 Å². The summed E-state index contributed by atoms with van der Waals surface area (Å²) in [5.41, 5.74) is 1.51. The van der Waals surface area contributed by atoms with Crippen LogP contribution in [0.3, 0.4) is 0 Å². The molecular weight excluding hydrogens is 442 g/mol. The fraction of sp³-hybridized carbons (Fsp3) is 0.571. The lowest BCUT2D eigenvalue weighted by Gasteiger charge is -2.42. The number of nitrogens with one attached hydrogen (secondary N) is 1. The van der Waals surface area contributed by atoms with E-state index in [1.165, 1.54) is 6.42 Å². The second-order valence-corrected chi connectivity index (χ2v) is 11.7. The van der Waals surface area contributed by atoms with Crippen molar-refractivity contribution in [1.29, 1.82) is 0 Å². The third-order valence-electron chi connectivity index (χ3n) is 7.01. The van der Waals surface area contributed by atoms with Gasteiger partial charge < -0.3 is 15.1 Å². The van der Waals surface area contributed by atoms with Crippen molar-refractivity contribution in [2.75, 3.05) is 32.7 Å². The largest absolute Gasteiger partial charge is 0.355 e. The average Bonchev–Trinajstić information content (AvgIpc) is 3.32. The van der Waals surface area contributed by atoms with E-state index < -0.39 is 5.92 Å². The topological polar surface area (TPSA) is 52.7 Å². The molecule has 0 unspecified atom stereocenters. The van der Waals surface area contributed by atoms with Crippen LogP contribution >= 0.6 is 11.3 Å². The van der Waals surface area contributed by atoms with Gasteiger partial charge in [-0.05, 0) is 60.2 Å². The number of benzene rings is 1. The van der Waals surface area contributed by atoms with Crippen LogP contribution in [0.4, 0.5) is 0 Å². The molecule has 1 saturated heterocycles. The first-order valence-electron chi connectivity index (χ1n) is 12.8. The Morgan fingerprint density at radius 1 is 1.12 bits per heavy atom.